The molecule has 0 fully saturated rings. The third-order valence-corrected chi connectivity index (χ3v) is 4.54. The number of nitrogens with zero attached hydrogens (tertiary/aromatic N) is 2. The van der Waals surface area contributed by atoms with E-state index >= 15 is 0 Å². The molecule has 0 bridgehead atoms. The van der Waals surface area contributed by atoms with Crippen molar-refractivity contribution in [1.82, 2.24) is 9.78 Å². The van der Waals surface area contributed by atoms with Gasteiger partial charge >= 0.3 is 0 Å². The monoisotopic (exact) mass is 284 g/mol. The third-order valence-electron chi connectivity index (χ3n) is 3.25. The van der Waals surface area contributed by atoms with E-state index in [1.165, 1.54) is 4.88 Å². The number of aliphatic hydroxyl groups is 1. The van der Waals surface area contributed by atoms with Crippen LogP contribution in [0.3, 0.4) is 0 Å². The van der Waals surface area contributed by atoms with Gasteiger partial charge in [0.05, 0.1) is 11.4 Å². The summed E-state index contributed by atoms with van der Waals surface area (Å²) in [7, 11) is 0. The number of aliphatic hydroxyl groups excluding tert-OH is 1. The van der Waals surface area contributed by atoms with Crippen LogP contribution in [0.1, 0.15) is 28.5 Å². The van der Waals surface area contributed by atoms with Gasteiger partial charge in [0.2, 0.25) is 0 Å². The molecule has 2 heterocycles. The molecule has 1 unspecified atom stereocenters. The Hall–Kier alpha value is -1.91. The molecule has 3 nitrogen and oxygen atoms in total. The summed E-state index contributed by atoms with van der Waals surface area (Å²) >= 11 is 1.65. The topological polar surface area (TPSA) is 38.1 Å². The zero-order valence-electron chi connectivity index (χ0n) is 11.2. The first-order chi connectivity index (χ1) is 9.79. The fourth-order valence-electron chi connectivity index (χ4n) is 2.18. The summed E-state index contributed by atoms with van der Waals surface area (Å²) in [6.07, 6.45) is 2.08. The summed E-state index contributed by atoms with van der Waals surface area (Å²) in [5, 5.41) is 14.9. The molecule has 2 aromatic heterocycles. The van der Waals surface area contributed by atoms with E-state index in [1.807, 2.05) is 42.5 Å². The Bertz CT molecular complexity index is 687. The molecule has 0 spiro atoms. The van der Waals surface area contributed by atoms with Crippen LogP contribution in [0.2, 0.25) is 0 Å². The number of rotatable bonds is 4. The van der Waals surface area contributed by atoms with Crippen LogP contribution >= 0.6 is 11.3 Å². The maximum absolute atomic E-state index is 10.6. The van der Waals surface area contributed by atoms with Crippen LogP contribution < -0.4 is 0 Å². The van der Waals surface area contributed by atoms with Crippen LogP contribution in [0.15, 0.2) is 54.7 Å². The highest BCUT2D eigenvalue weighted by Gasteiger charge is 2.18. The summed E-state index contributed by atoms with van der Waals surface area (Å²) in [5.74, 6) is 0. The molecule has 0 saturated carbocycles. The molecule has 0 radical (unpaired) electrons. The molecule has 1 aromatic carbocycles. The summed E-state index contributed by atoms with van der Waals surface area (Å²) < 4.78 is 1.79. The zero-order chi connectivity index (χ0) is 13.9. The molecule has 1 atom stereocenters. The number of hydrogen-bond acceptors (Lipinski definition) is 3. The van der Waals surface area contributed by atoms with Crippen molar-refractivity contribution < 1.29 is 5.11 Å². The minimum atomic E-state index is -0.636. The van der Waals surface area contributed by atoms with Crippen molar-refractivity contribution in [2.24, 2.45) is 0 Å². The number of hydrogen-bond donors (Lipinski definition) is 1. The lowest BCUT2D eigenvalue weighted by molar-refractivity contribution is 0.216. The van der Waals surface area contributed by atoms with Gasteiger partial charge in [-0.2, -0.15) is 5.10 Å². The molecule has 3 aromatic rings. The maximum Gasteiger partial charge on any atom is 0.130 e. The predicted octanol–water partition coefficient (Wildman–Crippen LogP) is 3.58. The Morgan fingerprint density at radius 2 is 1.95 bits per heavy atom. The minimum Gasteiger partial charge on any atom is -0.381 e. The van der Waals surface area contributed by atoms with Crippen LogP contribution in [-0.2, 0) is 6.42 Å². The molecular formula is C16H16N2OS. The van der Waals surface area contributed by atoms with Gasteiger partial charge in [0.15, 0.2) is 0 Å². The Labute approximate surface area is 122 Å². The van der Waals surface area contributed by atoms with Crippen molar-refractivity contribution in [3.8, 4) is 5.69 Å². The normalized spacial score (nSPS) is 12.5. The summed E-state index contributed by atoms with van der Waals surface area (Å²) in [6.45, 7) is 2.12. The Kier molecular flexibility index (Phi) is 3.67. The Balaban J connectivity index is 1.97. The molecule has 1 N–H and O–H groups in total. The predicted molar refractivity (Wildman–Crippen MR) is 81.3 cm³/mol. The molecule has 20 heavy (non-hydrogen) atoms. The summed E-state index contributed by atoms with van der Waals surface area (Å²) in [6, 6.07) is 15.8. The number of benzene rings is 1. The second-order valence-electron chi connectivity index (χ2n) is 4.56. The molecule has 0 aliphatic heterocycles. The zero-order valence-corrected chi connectivity index (χ0v) is 12.0. The molecule has 102 valence electrons. The van der Waals surface area contributed by atoms with Crippen LogP contribution in [0, 0.1) is 0 Å². The first kappa shape index (κ1) is 13.1. The van der Waals surface area contributed by atoms with Crippen LogP contribution in [0.25, 0.3) is 5.69 Å². The van der Waals surface area contributed by atoms with Gasteiger partial charge in [-0.3, -0.25) is 0 Å². The van der Waals surface area contributed by atoms with Gasteiger partial charge in [-0.25, -0.2) is 4.68 Å². The number of thiophene rings is 1. The van der Waals surface area contributed by atoms with Crippen molar-refractivity contribution in [3.63, 3.8) is 0 Å². The molecule has 0 amide bonds. The van der Waals surface area contributed by atoms with Gasteiger partial charge in [-0.15, -0.1) is 11.3 Å². The average molecular weight is 284 g/mol. The largest absolute Gasteiger partial charge is 0.381 e. The summed E-state index contributed by atoms with van der Waals surface area (Å²) in [4.78, 5) is 2.24. The fraction of sp³-hybridized carbons (Fsp3) is 0.188. The second-order valence-corrected chi connectivity index (χ2v) is 5.76. The number of para-hydroxylation sites is 1. The third kappa shape index (κ3) is 2.40. The highest BCUT2D eigenvalue weighted by Crippen LogP contribution is 2.29. The Morgan fingerprint density at radius 3 is 2.65 bits per heavy atom. The van der Waals surface area contributed by atoms with E-state index in [4.69, 9.17) is 0 Å². The average Bonchev–Trinajstić information content (AvgIpc) is 3.16. The molecule has 0 aliphatic rings. The number of aromatic nitrogens is 2. The van der Waals surface area contributed by atoms with Crippen molar-refractivity contribution in [1.29, 1.82) is 0 Å². The van der Waals surface area contributed by atoms with Crippen LogP contribution in [0.4, 0.5) is 0 Å². The smallest absolute Gasteiger partial charge is 0.130 e. The first-order valence-electron chi connectivity index (χ1n) is 6.65. The van der Waals surface area contributed by atoms with E-state index < -0.39 is 6.10 Å². The van der Waals surface area contributed by atoms with E-state index in [1.54, 1.807) is 22.2 Å². The van der Waals surface area contributed by atoms with E-state index in [-0.39, 0.29) is 0 Å². The van der Waals surface area contributed by atoms with Gasteiger partial charge in [0.1, 0.15) is 6.10 Å². The quantitative estimate of drug-likeness (QED) is 0.795. The first-order valence-corrected chi connectivity index (χ1v) is 7.47. The van der Waals surface area contributed by atoms with Gasteiger partial charge in [-0.05, 0) is 36.8 Å². The van der Waals surface area contributed by atoms with Crippen LogP contribution in [-0.4, -0.2) is 14.9 Å². The molecule has 0 saturated heterocycles. The van der Waals surface area contributed by atoms with Crippen molar-refractivity contribution in [3.05, 3.63) is 70.2 Å². The van der Waals surface area contributed by atoms with Crippen LogP contribution in [0.5, 0.6) is 0 Å². The lowest BCUT2D eigenvalue weighted by atomic mass is 10.2. The fourth-order valence-corrected chi connectivity index (χ4v) is 3.13. The Morgan fingerprint density at radius 1 is 1.15 bits per heavy atom. The lowest BCUT2D eigenvalue weighted by Crippen LogP contribution is -2.07. The molecule has 0 aliphatic carbocycles. The van der Waals surface area contributed by atoms with Gasteiger partial charge in [0, 0.05) is 16.0 Å². The van der Waals surface area contributed by atoms with E-state index in [0.29, 0.717) is 0 Å². The van der Waals surface area contributed by atoms with Crippen molar-refractivity contribution >= 4 is 11.3 Å². The van der Waals surface area contributed by atoms with Crippen molar-refractivity contribution in [2.75, 3.05) is 0 Å². The highest BCUT2D eigenvalue weighted by atomic mass is 32.1. The van der Waals surface area contributed by atoms with E-state index in [9.17, 15) is 5.11 Å². The standard InChI is InChI=1S/C16H16N2OS/c1-2-13-8-9-15(20-13)16(19)14-10-11-17-18(14)12-6-4-3-5-7-12/h3-11,16,19H,2H2,1H3. The molecule has 4 heteroatoms. The van der Waals surface area contributed by atoms with Gasteiger partial charge in [0.25, 0.3) is 0 Å². The molecular weight excluding hydrogens is 268 g/mol. The highest BCUT2D eigenvalue weighted by molar-refractivity contribution is 7.12. The molecule has 3 rings (SSSR count). The van der Waals surface area contributed by atoms with E-state index in [2.05, 4.69) is 18.1 Å². The number of aryl methyl sites for hydroxylation is 1. The van der Waals surface area contributed by atoms with Gasteiger partial charge < -0.3 is 5.11 Å². The SMILES string of the molecule is CCc1ccc(C(O)c2ccnn2-c2ccccc2)s1. The summed E-state index contributed by atoms with van der Waals surface area (Å²) in [5.41, 5.74) is 1.75. The van der Waals surface area contributed by atoms with Gasteiger partial charge in [-0.1, -0.05) is 25.1 Å². The second kappa shape index (κ2) is 5.61. The lowest BCUT2D eigenvalue weighted by Gasteiger charge is -2.12. The minimum absolute atomic E-state index is 0.636. The van der Waals surface area contributed by atoms with Crippen molar-refractivity contribution in [2.45, 2.75) is 19.4 Å². The van der Waals surface area contributed by atoms with E-state index in [0.717, 1.165) is 22.7 Å². The maximum atomic E-state index is 10.6.